The van der Waals surface area contributed by atoms with Crippen molar-refractivity contribution in [1.29, 1.82) is 0 Å². The van der Waals surface area contributed by atoms with Crippen LogP contribution in [0, 0.1) is 11.3 Å². The van der Waals surface area contributed by atoms with Crippen molar-refractivity contribution in [3.63, 3.8) is 0 Å². The largest absolute Gasteiger partial charge is 0.392 e. The van der Waals surface area contributed by atoms with Crippen LogP contribution in [0.25, 0.3) is 0 Å². The number of rotatable bonds is 2. The van der Waals surface area contributed by atoms with E-state index in [1.54, 1.807) is 0 Å². The molecule has 98 valence electrons. The van der Waals surface area contributed by atoms with Gasteiger partial charge in [-0.1, -0.05) is 39.5 Å². The quantitative estimate of drug-likeness (QED) is 0.726. The van der Waals surface area contributed by atoms with Crippen molar-refractivity contribution >= 4 is 5.91 Å². The van der Waals surface area contributed by atoms with Crippen LogP contribution in [0.2, 0.25) is 0 Å². The molecule has 2 atom stereocenters. The summed E-state index contributed by atoms with van der Waals surface area (Å²) in [5.74, 6) is 0.433. The van der Waals surface area contributed by atoms with Crippen LogP contribution in [-0.2, 0) is 4.79 Å². The Labute approximate surface area is 104 Å². The normalized spacial score (nSPS) is 33.6. The minimum Gasteiger partial charge on any atom is -0.392 e. The van der Waals surface area contributed by atoms with Crippen molar-refractivity contribution in [3.8, 4) is 0 Å². The van der Waals surface area contributed by atoms with Crippen molar-refractivity contribution in [2.45, 2.75) is 70.9 Å². The Morgan fingerprint density at radius 1 is 1.18 bits per heavy atom. The van der Waals surface area contributed by atoms with Crippen LogP contribution in [0.3, 0.4) is 0 Å². The summed E-state index contributed by atoms with van der Waals surface area (Å²) in [7, 11) is 0. The molecule has 3 nitrogen and oxygen atoms in total. The maximum Gasteiger partial charge on any atom is 0.223 e. The SMILES string of the molecule is CC1(C)C(O)CC1NC(=O)C1CCCCCC1. The van der Waals surface area contributed by atoms with Gasteiger partial charge in [-0.05, 0) is 19.3 Å². The summed E-state index contributed by atoms with van der Waals surface area (Å²) in [4.78, 5) is 12.2. The van der Waals surface area contributed by atoms with Gasteiger partial charge in [0, 0.05) is 17.4 Å². The molecule has 0 aromatic heterocycles. The Balaban J connectivity index is 1.84. The Morgan fingerprint density at radius 3 is 2.24 bits per heavy atom. The van der Waals surface area contributed by atoms with Crippen molar-refractivity contribution in [2.24, 2.45) is 11.3 Å². The zero-order chi connectivity index (χ0) is 12.5. The summed E-state index contributed by atoms with van der Waals surface area (Å²) < 4.78 is 0. The fraction of sp³-hybridized carbons (Fsp3) is 0.929. The van der Waals surface area contributed by atoms with Gasteiger partial charge in [-0.25, -0.2) is 0 Å². The van der Waals surface area contributed by atoms with E-state index >= 15 is 0 Å². The van der Waals surface area contributed by atoms with Gasteiger partial charge in [0.15, 0.2) is 0 Å². The fourth-order valence-electron chi connectivity index (χ4n) is 2.98. The first-order valence-electron chi connectivity index (χ1n) is 7.00. The number of nitrogens with one attached hydrogen (secondary N) is 1. The zero-order valence-electron chi connectivity index (χ0n) is 11.0. The summed E-state index contributed by atoms with van der Waals surface area (Å²) in [6, 6.07) is 0.160. The van der Waals surface area contributed by atoms with Crippen LogP contribution >= 0.6 is 0 Å². The highest BCUT2D eigenvalue weighted by Crippen LogP contribution is 2.40. The van der Waals surface area contributed by atoms with Gasteiger partial charge < -0.3 is 10.4 Å². The number of carbonyl (C=O) groups excluding carboxylic acids is 1. The lowest BCUT2D eigenvalue weighted by molar-refractivity contribution is -0.133. The molecule has 2 saturated carbocycles. The number of aliphatic hydroxyl groups is 1. The van der Waals surface area contributed by atoms with Crippen LogP contribution in [0.1, 0.15) is 58.8 Å². The van der Waals surface area contributed by atoms with E-state index < -0.39 is 0 Å². The maximum atomic E-state index is 12.2. The monoisotopic (exact) mass is 239 g/mol. The smallest absolute Gasteiger partial charge is 0.223 e. The second-order valence-electron chi connectivity index (χ2n) is 6.32. The molecule has 17 heavy (non-hydrogen) atoms. The van der Waals surface area contributed by atoms with E-state index in [-0.39, 0.29) is 29.4 Å². The molecular weight excluding hydrogens is 214 g/mol. The van der Waals surface area contributed by atoms with Gasteiger partial charge in [-0.15, -0.1) is 0 Å². The van der Waals surface area contributed by atoms with Gasteiger partial charge >= 0.3 is 0 Å². The second kappa shape index (κ2) is 4.97. The molecule has 0 aromatic rings. The third-order valence-electron chi connectivity index (χ3n) is 4.76. The number of aliphatic hydroxyl groups excluding tert-OH is 1. The molecule has 0 saturated heterocycles. The summed E-state index contributed by atoms with van der Waals surface area (Å²) in [5.41, 5.74) is -0.152. The summed E-state index contributed by atoms with van der Waals surface area (Å²) in [6.45, 7) is 4.05. The van der Waals surface area contributed by atoms with Crippen LogP contribution < -0.4 is 5.32 Å². The average Bonchev–Trinajstić information content (AvgIpc) is 2.57. The van der Waals surface area contributed by atoms with E-state index in [4.69, 9.17) is 0 Å². The van der Waals surface area contributed by atoms with Crippen LogP contribution in [0.4, 0.5) is 0 Å². The Kier molecular flexibility index (Phi) is 3.76. The van der Waals surface area contributed by atoms with Gasteiger partial charge in [-0.3, -0.25) is 4.79 Å². The average molecular weight is 239 g/mol. The van der Waals surface area contributed by atoms with Gasteiger partial charge in [0.25, 0.3) is 0 Å². The van der Waals surface area contributed by atoms with Crippen molar-refractivity contribution < 1.29 is 9.90 Å². The molecule has 0 aromatic carbocycles. The molecule has 2 unspecified atom stereocenters. The van der Waals surface area contributed by atoms with E-state index in [9.17, 15) is 9.90 Å². The Hall–Kier alpha value is -0.570. The molecule has 2 aliphatic rings. The highest BCUT2D eigenvalue weighted by atomic mass is 16.3. The molecule has 0 spiro atoms. The minimum atomic E-state index is -0.262. The lowest BCUT2D eigenvalue weighted by Gasteiger charge is -2.49. The maximum absolute atomic E-state index is 12.2. The van der Waals surface area contributed by atoms with Gasteiger partial charge in [0.1, 0.15) is 0 Å². The van der Waals surface area contributed by atoms with E-state index in [0.29, 0.717) is 6.42 Å². The van der Waals surface area contributed by atoms with E-state index in [0.717, 1.165) is 12.8 Å². The zero-order valence-corrected chi connectivity index (χ0v) is 11.0. The molecule has 2 N–H and O–H groups in total. The fourth-order valence-corrected chi connectivity index (χ4v) is 2.98. The predicted molar refractivity (Wildman–Crippen MR) is 67.5 cm³/mol. The van der Waals surface area contributed by atoms with Crippen molar-refractivity contribution in [2.75, 3.05) is 0 Å². The van der Waals surface area contributed by atoms with Crippen molar-refractivity contribution in [1.82, 2.24) is 5.32 Å². The highest BCUT2D eigenvalue weighted by molar-refractivity contribution is 5.79. The van der Waals surface area contributed by atoms with Crippen LogP contribution in [0.5, 0.6) is 0 Å². The molecule has 2 rings (SSSR count). The Morgan fingerprint density at radius 2 is 1.76 bits per heavy atom. The number of hydrogen-bond donors (Lipinski definition) is 2. The van der Waals surface area contributed by atoms with Gasteiger partial charge in [0.2, 0.25) is 5.91 Å². The van der Waals surface area contributed by atoms with Gasteiger partial charge in [0.05, 0.1) is 6.10 Å². The highest BCUT2D eigenvalue weighted by Gasteiger charge is 2.48. The number of amides is 1. The standard InChI is InChI=1S/C14H25NO2/c1-14(2)11(9-12(14)16)15-13(17)10-7-5-3-4-6-8-10/h10-12,16H,3-9H2,1-2H3,(H,15,17). The first-order valence-corrected chi connectivity index (χ1v) is 7.00. The number of carbonyl (C=O) groups is 1. The first kappa shape index (κ1) is 12.9. The molecule has 1 amide bonds. The molecule has 2 aliphatic carbocycles. The molecular formula is C14H25NO2. The Bertz CT molecular complexity index is 280. The summed E-state index contributed by atoms with van der Waals surface area (Å²) in [5, 5.41) is 12.8. The second-order valence-corrected chi connectivity index (χ2v) is 6.32. The topological polar surface area (TPSA) is 49.3 Å². The third kappa shape index (κ3) is 2.65. The lowest BCUT2D eigenvalue weighted by Crippen LogP contribution is -2.61. The molecule has 0 radical (unpaired) electrons. The molecule has 0 heterocycles. The first-order chi connectivity index (χ1) is 8.01. The van der Waals surface area contributed by atoms with Crippen LogP contribution in [0.15, 0.2) is 0 Å². The predicted octanol–water partition coefficient (Wildman–Crippen LogP) is 2.23. The van der Waals surface area contributed by atoms with Crippen LogP contribution in [-0.4, -0.2) is 23.2 Å². The molecule has 2 fully saturated rings. The summed E-state index contributed by atoms with van der Waals surface area (Å²) >= 11 is 0. The molecule has 0 bridgehead atoms. The van der Waals surface area contributed by atoms with E-state index in [1.165, 1.54) is 25.7 Å². The van der Waals surface area contributed by atoms with Gasteiger partial charge in [-0.2, -0.15) is 0 Å². The summed E-state index contributed by atoms with van der Waals surface area (Å²) in [6.07, 6.45) is 7.47. The minimum absolute atomic E-state index is 0.152. The number of hydrogen-bond acceptors (Lipinski definition) is 2. The lowest BCUT2D eigenvalue weighted by atomic mass is 9.64. The molecule has 0 aliphatic heterocycles. The third-order valence-corrected chi connectivity index (χ3v) is 4.76. The van der Waals surface area contributed by atoms with Crippen molar-refractivity contribution in [3.05, 3.63) is 0 Å². The molecule has 3 heteroatoms. The van der Waals surface area contributed by atoms with E-state index in [2.05, 4.69) is 5.32 Å². The van der Waals surface area contributed by atoms with E-state index in [1.807, 2.05) is 13.8 Å².